The van der Waals surface area contributed by atoms with Gasteiger partial charge >= 0.3 is 5.97 Å². The summed E-state index contributed by atoms with van der Waals surface area (Å²) >= 11 is 0. The molecule has 0 saturated carbocycles. The van der Waals surface area contributed by atoms with Crippen molar-refractivity contribution in [2.75, 3.05) is 0 Å². The minimum atomic E-state index is -0.849. The molecule has 1 N–H and O–H groups in total. The van der Waals surface area contributed by atoms with E-state index in [1.54, 1.807) is 19.1 Å². The van der Waals surface area contributed by atoms with Crippen molar-refractivity contribution in [3.63, 3.8) is 0 Å². The third-order valence-electron chi connectivity index (χ3n) is 4.17. The minimum absolute atomic E-state index is 0.0348. The van der Waals surface area contributed by atoms with Crippen LogP contribution >= 0.6 is 0 Å². The number of aryl methyl sites for hydroxylation is 2. The number of carbonyl (C=O) groups is 2. The van der Waals surface area contributed by atoms with Gasteiger partial charge in [0.25, 0.3) is 0 Å². The molecule has 1 aliphatic carbocycles. The first-order valence-electron chi connectivity index (χ1n) is 7.06. The molecule has 21 heavy (non-hydrogen) atoms. The summed E-state index contributed by atoms with van der Waals surface area (Å²) in [6, 6.07) is 13.1. The van der Waals surface area contributed by atoms with Gasteiger partial charge in [0.05, 0.1) is 5.92 Å². The highest BCUT2D eigenvalue weighted by molar-refractivity contribution is 6.11. The van der Waals surface area contributed by atoms with Gasteiger partial charge in [-0.25, -0.2) is 0 Å². The molecule has 3 rings (SSSR count). The van der Waals surface area contributed by atoms with Crippen molar-refractivity contribution < 1.29 is 14.7 Å². The zero-order valence-corrected chi connectivity index (χ0v) is 11.8. The van der Waals surface area contributed by atoms with Crippen LogP contribution in [0, 0.1) is 0 Å². The largest absolute Gasteiger partial charge is 0.481 e. The average Bonchev–Trinajstić information content (AvgIpc) is 2.64. The molecule has 0 saturated heterocycles. The van der Waals surface area contributed by atoms with Gasteiger partial charge in [-0.2, -0.15) is 0 Å². The molecule has 0 aliphatic heterocycles. The van der Waals surface area contributed by atoms with E-state index in [1.165, 1.54) is 0 Å². The number of hydrogen-bond donors (Lipinski definition) is 1. The standard InChI is InChI=1S/C18H16O3/c1-11(18(20)21)13-8-9-16-14(10-13)7-6-12-4-2-3-5-15(12)17(16)19/h2-5,8-11H,6-7H2,1H3,(H,20,21). The predicted molar refractivity (Wildman–Crippen MR) is 79.8 cm³/mol. The normalized spacial score (nSPS) is 14.8. The Balaban J connectivity index is 2.07. The van der Waals surface area contributed by atoms with Crippen LogP contribution in [0.4, 0.5) is 0 Å². The molecule has 3 nitrogen and oxygen atoms in total. The second kappa shape index (κ2) is 5.17. The maximum Gasteiger partial charge on any atom is 0.310 e. The number of carboxylic acid groups (broad SMARTS) is 1. The summed E-state index contributed by atoms with van der Waals surface area (Å²) in [4.78, 5) is 23.7. The SMILES string of the molecule is CC(C(=O)O)c1ccc2c(c1)CCc1ccccc1C2=O. The number of carbonyl (C=O) groups excluding carboxylic acids is 1. The van der Waals surface area contributed by atoms with Crippen molar-refractivity contribution in [3.8, 4) is 0 Å². The topological polar surface area (TPSA) is 54.4 Å². The molecule has 1 atom stereocenters. The molecule has 2 aromatic rings. The maximum absolute atomic E-state index is 12.6. The Labute approximate surface area is 123 Å². The molecule has 106 valence electrons. The number of aliphatic carboxylic acids is 1. The van der Waals surface area contributed by atoms with Crippen molar-refractivity contribution in [2.45, 2.75) is 25.7 Å². The second-order valence-electron chi connectivity index (χ2n) is 5.46. The minimum Gasteiger partial charge on any atom is -0.481 e. The Kier molecular flexibility index (Phi) is 3.34. The Bertz CT molecular complexity index is 731. The first-order chi connectivity index (χ1) is 10.1. The van der Waals surface area contributed by atoms with Crippen LogP contribution in [0.2, 0.25) is 0 Å². The number of ketones is 1. The lowest BCUT2D eigenvalue weighted by Crippen LogP contribution is -2.09. The molecule has 0 bridgehead atoms. The number of carboxylic acids is 1. The van der Waals surface area contributed by atoms with E-state index < -0.39 is 11.9 Å². The third kappa shape index (κ3) is 2.35. The van der Waals surface area contributed by atoms with E-state index in [4.69, 9.17) is 5.11 Å². The summed E-state index contributed by atoms with van der Waals surface area (Å²) < 4.78 is 0. The van der Waals surface area contributed by atoms with Crippen molar-refractivity contribution in [2.24, 2.45) is 0 Å². The molecule has 3 heteroatoms. The van der Waals surface area contributed by atoms with Gasteiger partial charge < -0.3 is 5.11 Å². The highest BCUT2D eigenvalue weighted by Crippen LogP contribution is 2.27. The first kappa shape index (κ1) is 13.6. The molecule has 1 aliphatic rings. The van der Waals surface area contributed by atoms with Crippen LogP contribution < -0.4 is 0 Å². The van der Waals surface area contributed by atoms with Crippen molar-refractivity contribution in [1.29, 1.82) is 0 Å². The van der Waals surface area contributed by atoms with E-state index >= 15 is 0 Å². The fourth-order valence-electron chi connectivity index (χ4n) is 2.83. The van der Waals surface area contributed by atoms with Gasteiger partial charge in [-0.3, -0.25) is 9.59 Å². The van der Waals surface area contributed by atoms with E-state index in [0.717, 1.165) is 35.1 Å². The monoisotopic (exact) mass is 280 g/mol. The Morgan fingerprint density at radius 2 is 1.71 bits per heavy atom. The molecule has 0 amide bonds. The second-order valence-corrected chi connectivity index (χ2v) is 5.46. The van der Waals surface area contributed by atoms with Gasteiger partial charge in [0.2, 0.25) is 0 Å². The van der Waals surface area contributed by atoms with Gasteiger partial charge in [-0.05, 0) is 36.5 Å². The van der Waals surface area contributed by atoms with Crippen molar-refractivity contribution in [3.05, 3.63) is 70.3 Å². The highest BCUT2D eigenvalue weighted by atomic mass is 16.4. The number of benzene rings is 2. The van der Waals surface area contributed by atoms with Crippen LogP contribution in [0.15, 0.2) is 42.5 Å². The number of hydrogen-bond acceptors (Lipinski definition) is 2. The Morgan fingerprint density at radius 1 is 1.05 bits per heavy atom. The molecule has 0 heterocycles. The fourth-order valence-corrected chi connectivity index (χ4v) is 2.83. The molecular weight excluding hydrogens is 264 g/mol. The fraction of sp³-hybridized carbons (Fsp3) is 0.222. The van der Waals surface area contributed by atoms with E-state index in [0.29, 0.717) is 5.56 Å². The van der Waals surface area contributed by atoms with E-state index in [1.807, 2.05) is 30.3 Å². The highest BCUT2D eigenvalue weighted by Gasteiger charge is 2.22. The van der Waals surface area contributed by atoms with Crippen LogP contribution in [-0.2, 0) is 17.6 Å². The van der Waals surface area contributed by atoms with Gasteiger partial charge in [0.1, 0.15) is 0 Å². The molecule has 0 radical (unpaired) electrons. The summed E-state index contributed by atoms with van der Waals surface area (Å²) in [7, 11) is 0. The van der Waals surface area contributed by atoms with Gasteiger partial charge in [0, 0.05) is 11.1 Å². The molecule has 1 unspecified atom stereocenters. The van der Waals surface area contributed by atoms with Gasteiger partial charge in [-0.1, -0.05) is 42.5 Å². The maximum atomic E-state index is 12.6. The van der Waals surface area contributed by atoms with E-state index in [-0.39, 0.29) is 5.78 Å². The predicted octanol–water partition coefficient (Wildman–Crippen LogP) is 3.20. The average molecular weight is 280 g/mol. The Morgan fingerprint density at radius 3 is 2.48 bits per heavy atom. The van der Waals surface area contributed by atoms with Gasteiger partial charge in [0.15, 0.2) is 5.78 Å². The van der Waals surface area contributed by atoms with Crippen molar-refractivity contribution in [1.82, 2.24) is 0 Å². The Hall–Kier alpha value is -2.42. The quantitative estimate of drug-likeness (QED) is 0.919. The van der Waals surface area contributed by atoms with Crippen LogP contribution in [-0.4, -0.2) is 16.9 Å². The summed E-state index contributed by atoms with van der Waals surface area (Å²) in [5.74, 6) is -1.37. The zero-order valence-electron chi connectivity index (χ0n) is 11.8. The third-order valence-corrected chi connectivity index (χ3v) is 4.17. The summed E-state index contributed by atoms with van der Waals surface area (Å²) in [6.45, 7) is 1.66. The lowest BCUT2D eigenvalue weighted by molar-refractivity contribution is -0.138. The smallest absolute Gasteiger partial charge is 0.310 e. The lowest BCUT2D eigenvalue weighted by Gasteiger charge is -2.11. The molecule has 2 aromatic carbocycles. The molecule has 0 fully saturated rings. The molecule has 0 aromatic heterocycles. The zero-order chi connectivity index (χ0) is 15.0. The number of rotatable bonds is 2. The van der Waals surface area contributed by atoms with E-state index in [9.17, 15) is 9.59 Å². The van der Waals surface area contributed by atoms with Gasteiger partial charge in [-0.15, -0.1) is 0 Å². The summed E-state index contributed by atoms with van der Waals surface area (Å²) in [6.07, 6.45) is 1.57. The first-order valence-corrected chi connectivity index (χ1v) is 7.06. The number of fused-ring (bicyclic) bond motifs is 2. The van der Waals surface area contributed by atoms with E-state index in [2.05, 4.69) is 0 Å². The van der Waals surface area contributed by atoms with Crippen LogP contribution in [0.3, 0.4) is 0 Å². The lowest BCUT2D eigenvalue weighted by atomic mass is 9.93. The van der Waals surface area contributed by atoms with Crippen LogP contribution in [0.1, 0.15) is 45.5 Å². The van der Waals surface area contributed by atoms with Crippen molar-refractivity contribution >= 4 is 11.8 Å². The van der Waals surface area contributed by atoms with Crippen LogP contribution in [0.5, 0.6) is 0 Å². The molecule has 0 spiro atoms. The molecular formula is C18H16O3. The van der Waals surface area contributed by atoms with Crippen LogP contribution in [0.25, 0.3) is 0 Å². The summed E-state index contributed by atoms with van der Waals surface area (Å²) in [5, 5.41) is 9.12. The summed E-state index contributed by atoms with van der Waals surface area (Å²) in [5.41, 5.74) is 4.21.